The van der Waals surface area contributed by atoms with Gasteiger partial charge >= 0.3 is 0 Å². The zero-order chi connectivity index (χ0) is 23.7. The highest BCUT2D eigenvalue weighted by molar-refractivity contribution is 8.14. The van der Waals surface area contributed by atoms with Gasteiger partial charge in [0.25, 0.3) is 10.0 Å². The van der Waals surface area contributed by atoms with E-state index >= 15 is 0 Å². The fraction of sp³-hybridized carbons (Fsp3) is 0.522. The fourth-order valence-corrected chi connectivity index (χ4v) is 9.53. The van der Waals surface area contributed by atoms with Crippen LogP contribution in [0.15, 0.2) is 44.9 Å². The van der Waals surface area contributed by atoms with Crippen molar-refractivity contribution in [2.24, 2.45) is 4.99 Å². The average molecular weight is 539 g/mol. The molecule has 3 aliphatic rings. The van der Waals surface area contributed by atoms with Gasteiger partial charge in [0.05, 0.1) is 29.0 Å². The molecule has 3 aliphatic heterocycles. The fourth-order valence-electron chi connectivity index (χ4n) is 4.68. The molecule has 1 aromatic heterocycles. The van der Waals surface area contributed by atoms with E-state index in [1.54, 1.807) is 24.6 Å². The third kappa shape index (κ3) is 5.15. The van der Waals surface area contributed by atoms with Gasteiger partial charge in [-0.3, -0.25) is 9.30 Å². The number of nitrogens with zero attached hydrogens (tertiary/aromatic N) is 2. The molecule has 2 N–H and O–H groups in total. The minimum absolute atomic E-state index is 0.0882. The number of rotatable bonds is 8. The lowest BCUT2D eigenvalue weighted by Crippen LogP contribution is -2.38. The summed E-state index contributed by atoms with van der Waals surface area (Å²) in [4.78, 5) is 4.84. The summed E-state index contributed by atoms with van der Waals surface area (Å²) >= 11 is 2.47. The maximum absolute atomic E-state index is 13.1. The molecule has 0 saturated carbocycles. The normalized spacial score (nSPS) is 26.7. The third-order valence-corrected chi connectivity index (χ3v) is 12.5. The van der Waals surface area contributed by atoms with Gasteiger partial charge in [-0.05, 0) is 36.0 Å². The summed E-state index contributed by atoms with van der Waals surface area (Å²) in [5, 5.41) is 10.6. The summed E-state index contributed by atoms with van der Waals surface area (Å²) in [7, 11) is -1.97. The molecule has 11 heteroatoms. The van der Waals surface area contributed by atoms with Gasteiger partial charge in [-0.2, -0.15) is 0 Å². The van der Waals surface area contributed by atoms with Crippen molar-refractivity contribution < 1.29 is 13.0 Å². The summed E-state index contributed by atoms with van der Waals surface area (Å²) in [6, 6.07) is 9.84. The van der Waals surface area contributed by atoms with Crippen molar-refractivity contribution in [1.29, 1.82) is 0 Å². The number of anilines is 2. The number of thioether (sulfide) groups is 1. The Morgan fingerprint density at radius 2 is 2.09 bits per heavy atom. The first kappa shape index (κ1) is 24.5. The molecule has 5 rings (SSSR count). The molecule has 2 unspecified atom stereocenters. The van der Waals surface area contributed by atoms with E-state index in [4.69, 9.17) is 4.99 Å². The van der Waals surface area contributed by atoms with Crippen LogP contribution in [-0.2, 0) is 27.6 Å². The van der Waals surface area contributed by atoms with E-state index in [0.29, 0.717) is 21.2 Å². The standard InChI is InChI=1S/C23H30N4O3S4/c1-27(34(29,30)21-6-3-11-31-21)20-5-2-4-16-14-19(26-22(16)20)23-25-15-18(32-23)7-10-24-17-8-12-33(28)13-9-17/h2-6,11,17-19,24,26H,7-10,12-15H2,1H3. The molecule has 0 bridgehead atoms. The van der Waals surface area contributed by atoms with Gasteiger partial charge in [0.15, 0.2) is 0 Å². The van der Waals surface area contributed by atoms with E-state index in [0.717, 1.165) is 66.6 Å². The lowest BCUT2D eigenvalue weighted by atomic mass is 10.1. The molecular weight excluding hydrogens is 509 g/mol. The molecule has 1 aromatic carbocycles. The van der Waals surface area contributed by atoms with Crippen molar-refractivity contribution in [3.8, 4) is 0 Å². The summed E-state index contributed by atoms with van der Waals surface area (Å²) in [6.45, 7) is 1.79. The van der Waals surface area contributed by atoms with Crippen LogP contribution in [0, 0.1) is 0 Å². The molecular formula is C23H30N4O3S4. The van der Waals surface area contributed by atoms with Gasteiger partial charge in [0.1, 0.15) is 15.7 Å². The first-order valence-electron chi connectivity index (χ1n) is 11.6. The monoisotopic (exact) mass is 538 g/mol. The lowest BCUT2D eigenvalue weighted by molar-refractivity contribution is 0.458. The average Bonchev–Trinajstić information content (AvgIpc) is 3.60. The van der Waals surface area contributed by atoms with E-state index in [1.165, 1.54) is 15.6 Å². The van der Waals surface area contributed by atoms with Crippen molar-refractivity contribution in [2.45, 2.75) is 47.2 Å². The minimum Gasteiger partial charge on any atom is -0.616 e. The van der Waals surface area contributed by atoms with Crippen LogP contribution in [0.1, 0.15) is 24.8 Å². The molecule has 184 valence electrons. The van der Waals surface area contributed by atoms with Crippen LogP contribution in [0.4, 0.5) is 11.4 Å². The van der Waals surface area contributed by atoms with Gasteiger partial charge in [0.2, 0.25) is 0 Å². The number of para-hydroxylation sites is 1. The number of thiophene rings is 1. The molecule has 7 nitrogen and oxygen atoms in total. The largest absolute Gasteiger partial charge is 0.616 e. The molecule has 0 radical (unpaired) electrons. The first-order chi connectivity index (χ1) is 16.4. The molecule has 1 saturated heterocycles. The SMILES string of the molecule is CN(c1cccc2c1NC(C1=NCC(CCNC3CC[S+]([O-])CC3)S1)C2)S(=O)(=O)c1cccs1. The predicted octanol–water partition coefficient (Wildman–Crippen LogP) is 3.31. The van der Waals surface area contributed by atoms with Gasteiger partial charge < -0.3 is 15.2 Å². The van der Waals surface area contributed by atoms with Gasteiger partial charge in [-0.1, -0.05) is 29.4 Å². The van der Waals surface area contributed by atoms with E-state index in [9.17, 15) is 13.0 Å². The van der Waals surface area contributed by atoms with E-state index in [-0.39, 0.29) is 6.04 Å². The second kappa shape index (κ2) is 10.4. The Bertz CT molecular complexity index is 1130. The van der Waals surface area contributed by atoms with Crippen LogP contribution >= 0.6 is 23.1 Å². The maximum Gasteiger partial charge on any atom is 0.273 e. The van der Waals surface area contributed by atoms with Gasteiger partial charge in [0, 0.05) is 37.6 Å². The molecule has 2 aromatic rings. The van der Waals surface area contributed by atoms with Crippen molar-refractivity contribution in [1.82, 2.24) is 5.32 Å². The number of benzene rings is 1. The second-order valence-electron chi connectivity index (χ2n) is 8.90. The highest BCUT2D eigenvalue weighted by Crippen LogP contribution is 2.40. The number of hydrogen-bond acceptors (Lipinski definition) is 8. The van der Waals surface area contributed by atoms with Crippen molar-refractivity contribution in [3.05, 3.63) is 41.3 Å². The van der Waals surface area contributed by atoms with Crippen molar-refractivity contribution >= 4 is 60.7 Å². The van der Waals surface area contributed by atoms with Gasteiger partial charge in [-0.15, -0.1) is 23.1 Å². The maximum atomic E-state index is 13.1. The predicted molar refractivity (Wildman–Crippen MR) is 145 cm³/mol. The molecule has 0 amide bonds. The van der Waals surface area contributed by atoms with Gasteiger partial charge in [-0.25, -0.2) is 8.42 Å². The summed E-state index contributed by atoms with van der Waals surface area (Å²) in [5.41, 5.74) is 2.68. The Kier molecular flexibility index (Phi) is 7.48. The highest BCUT2D eigenvalue weighted by Gasteiger charge is 2.34. The number of aliphatic imine (C=N–C) groups is 1. The Labute approximate surface area is 213 Å². The Morgan fingerprint density at radius 1 is 1.26 bits per heavy atom. The smallest absolute Gasteiger partial charge is 0.273 e. The summed E-state index contributed by atoms with van der Waals surface area (Å²) < 4.78 is 39.4. The number of sulfonamides is 1. The van der Waals surface area contributed by atoms with E-state index in [1.807, 2.05) is 23.9 Å². The molecule has 0 aliphatic carbocycles. The van der Waals surface area contributed by atoms with E-state index in [2.05, 4.69) is 16.7 Å². The summed E-state index contributed by atoms with van der Waals surface area (Å²) in [6.07, 6.45) is 3.89. The van der Waals surface area contributed by atoms with Crippen LogP contribution in [0.3, 0.4) is 0 Å². The lowest BCUT2D eigenvalue weighted by Gasteiger charge is -2.25. The Balaban J connectivity index is 1.17. The van der Waals surface area contributed by atoms with Crippen LogP contribution < -0.4 is 14.9 Å². The number of nitrogens with one attached hydrogen (secondary N) is 2. The molecule has 2 atom stereocenters. The second-order valence-corrected chi connectivity index (χ2v) is 15.1. The third-order valence-electron chi connectivity index (χ3n) is 6.64. The van der Waals surface area contributed by atoms with Crippen molar-refractivity contribution in [3.63, 3.8) is 0 Å². The minimum atomic E-state index is -3.59. The van der Waals surface area contributed by atoms with Crippen LogP contribution in [0.5, 0.6) is 0 Å². The zero-order valence-electron chi connectivity index (χ0n) is 19.1. The number of fused-ring (bicyclic) bond motifs is 1. The molecule has 0 spiro atoms. The molecule has 1 fully saturated rings. The van der Waals surface area contributed by atoms with E-state index < -0.39 is 21.2 Å². The first-order valence-corrected chi connectivity index (χ1v) is 16.3. The van der Waals surface area contributed by atoms with Crippen LogP contribution in [0.25, 0.3) is 0 Å². The van der Waals surface area contributed by atoms with Crippen LogP contribution in [-0.4, -0.2) is 67.0 Å². The van der Waals surface area contributed by atoms with Crippen molar-refractivity contribution in [2.75, 3.05) is 41.3 Å². The Morgan fingerprint density at radius 3 is 2.85 bits per heavy atom. The Hall–Kier alpha value is -1.24. The number of hydrogen-bond donors (Lipinski definition) is 2. The molecule has 34 heavy (non-hydrogen) atoms. The topological polar surface area (TPSA) is 96.9 Å². The zero-order valence-corrected chi connectivity index (χ0v) is 22.4. The quantitative estimate of drug-likeness (QED) is 0.501. The summed E-state index contributed by atoms with van der Waals surface area (Å²) in [5.74, 6) is 1.64. The molecule has 4 heterocycles. The van der Waals surface area contributed by atoms with Crippen LogP contribution in [0.2, 0.25) is 0 Å². The highest BCUT2D eigenvalue weighted by atomic mass is 32.2.